The lowest BCUT2D eigenvalue weighted by atomic mass is 10.1. The number of ether oxygens (including phenoxy) is 1. The largest absolute Gasteiger partial charge is 0.497 e. The summed E-state index contributed by atoms with van der Waals surface area (Å²) >= 11 is 0. The Morgan fingerprint density at radius 2 is 1.50 bits per heavy atom. The second-order valence-corrected chi connectivity index (χ2v) is 5.85. The fourth-order valence-electron chi connectivity index (χ4n) is 2.43. The predicted octanol–water partition coefficient (Wildman–Crippen LogP) is 3.26. The summed E-state index contributed by atoms with van der Waals surface area (Å²) in [6, 6.07) is 19.0. The van der Waals surface area contributed by atoms with E-state index in [1.165, 1.54) is 11.1 Å². The molecule has 0 radical (unpaired) electrons. The second kappa shape index (κ2) is 8.57. The minimum absolute atomic E-state index is 0.921. The Labute approximate surface area is 134 Å². The van der Waals surface area contributed by atoms with E-state index in [0.717, 1.165) is 31.9 Å². The number of hydrogen-bond donors (Lipinski definition) is 0. The summed E-state index contributed by atoms with van der Waals surface area (Å²) in [4.78, 5) is 4.70. The van der Waals surface area contributed by atoms with Crippen LogP contribution in [0.4, 0.5) is 0 Å². The average molecular weight is 298 g/mol. The van der Waals surface area contributed by atoms with E-state index in [1.807, 2.05) is 6.07 Å². The lowest BCUT2D eigenvalue weighted by molar-refractivity contribution is 0.226. The Kier molecular flexibility index (Phi) is 6.44. The van der Waals surface area contributed by atoms with Crippen LogP contribution in [0.1, 0.15) is 11.1 Å². The number of benzene rings is 2. The van der Waals surface area contributed by atoms with Gasteiger partial charge in [-0.15, -0.1) is 0 Å². The van der Waals surface area contributed by atoms with E-state index >= 15 is 0 Å². The van der Waals surface area contributed by atoms with Gasteiger partial charge < -0.3 is 9.64 Å². The SMILES string of the molecule is COc1cccc(CN(CCN(C)C)Cc2ccccc2)c1. The molecule has 0 unspecified atom stereocenters. The Hall–Kier alpha value is -1.84. The smallest absolute Gasteiger partial charge is 0.119 e. The standard InChI is InChI=1S/C19H26N2O/c1-20(2)12-13-21(15-17-8-5-4-6-9-17)16-18-10-7-11-19(14-18)22-3/h4-11,14H,12-13,15-16H2,1-3H3. The number of hydrogen-bond acceptors (Lipinski definition) is 3. The fourth-order valence-corrected chi connectivity index (χ4v) is 2.43. The van der Waals surface area contributed by atoms with Gasteiger partial charge in [-0.2, -0.15) is 0 Å². The third-order valence-corrected chi connectivity index (χ3v) is 3.65. The minimum Gasteiger partial charge on any atom is -0.497 e. The van der Waals surface area contributed by atoms with Crippen LogP contribution in [0.25, 0.3) is 0 Å². The molecule has 0 amide bonds. The van der Waals surface area contributed by atoms with Gasteiger partial charge in [-0.3, -0.25) is 4.90 Å². The quantitative estimate of drug-likeness (QED) is 0.744. The summed E-state index contributed by atoms with van der Waals surface area (Å²) in [7, 11) is 5.95. The average Bonchev–Trinajstić information content (AvgIpc) is 2.54. The molecule has 0 fully saturated rings. The number of nitrogens with zero attached hydrogens (tertiary/aromatic N) is 2. The van der Waals surface area contributed by atoms with E-state index in [2.05, 4.69) is 72.4 Å². The highest BCUT2D eigenvalue weighted by molar-refractivity contribution is 5.28. The first-order chi connectivity index (χ1) is 10.7. The van der Waals surface area contributed by atoms with Gasteiger partial charge in [-0.25, -0.2) is 0 Å². The van der Waals surface area contributed by atoms with Crippen molar-refractivity contribution in [3.05, 3.63) is 65.7 Å². The lowest BCUT2D eigenvalue weighted by Crippen LogP contribution is -2.31. The van der Waals surface area contributed by atoms with Crippen molar-refractivity contribution in [2.45, 2.75) is 13.1 Å². The molecule has 2 rings (SSSR count). The zero-order valence-corrected chi connectivity index (χ0v) is 13.8. The van der Waals surface area contributed by atoms with Crippen LogP contribution in [0.3, 0.4) is 0 Å². The third-order valence-electron chi connectivity index (χ3n) is 3.65. The molecule has 0 saturated heterocycles. The molecule has 0 spiro atoms. The molecule has 0 saturated carbocycles. The van der Waals surface area contributed by atoms with E-state index in [1.54, 1.807) is 7.11 Å². The molecule has 22 heavy (non-hydrogen) atoms. The first-order valence-electron chi connectivity index (χ1n) is 7.71. The van der Waals surface area contributed by atoms with Gasteiger partial charge in [-0.1, -0.05) is 42.5 Å². The monoisotopic (exact) mass is 298 g/mol. The molecule has 0 atom stereocenters. The molecule has 0 aliphatic carbocycles. The van der Waals surface area contributed by atoms with E-state index in [-0.39, 0.29) is 0 Å². The van der Waals surface area contributed by atoms with Gasteiger partial charge in [0.2, 0.25) is 0 Å². The highest BCUT2D eigenvalue weighted by atomic mass is 16.5. The van der Waals surface area contributed by atoms with Crippen molar-refractivity contribution >= 4 is 0 Å². The molecule has 0 bridgehead atoms. The first-order valence-corrected chi connectivity index (χ1v) is 7.71. The molecule has 3 nitrogen and oxygen atoms in total. The van der Waals surface area contributed by atoms with Crippen molar-refractivity contribution in [2.24, 2.45) is 0 Å². The summed E-state index contributed by atoms with van der Waals surface area (Å²) in [5.74, 6) is 0.921. The molecule has 0 aromatic heterocycles. The van der Waals surface area contributed by atoms with Crippen molar-refractivity contribution in [1.29, 1.82) is 0 Å². The molecule has 0 aliphatic heterocycles. The van der Waals surface area contributed by atoms with Gasteiger partial charge >= 0.3 is 0 Å². The Bertz CT molecular complexity index is 554. The molecule has 0 N–H and O–H groups in total. The minimum atomic E-state index is 0.921. The molecule has 2 aromatic rings. The highest BCUT2D eigenvalue weighted by Crippen LogP contribution is 2.15. The molecule has 0 aliphatic rings. The van der Waals surface area contributed by atoms with Crippen LogP contribution in [0.2, 0.25) is 0 Å². The summed E-state index contributed by atoms with van der Waals surface area (Å²) < 4.78 is 5.33. The number of rotatable bonds is 8. The topological polar surface area (TPSA) is 15.7 Å². The third kappa shape index (κ3) is 5.51. The zero-order chi connectivity index (χ0) is 15.8. The van der Waals surface area contributed by atoms with Crippen LogP contribution in [0, 0.1) is 0 Å². The Morgan fingerprint density at radius 3 is 2.18 bits per heavy atom. The molecule has 118 valence electrons. The van der Waals surface area contributed by atoms with Crippen LogP contribution in [0.5, 0.6) is 5.75 Å². The maximum absolute atomic E-state index is 5.33. The van der Waals surface area contributed by atoms with E-state index in [0.29, 0.717) is 0 Å². The summed E-state index contributed by atoms with van der Waals surface area (Å²) in [6.45, 7) is 3.99. The summed E-state index contributed by atoms with van der Waals surface area (Å²) in [5.41, 5.74) is 2.64. The van der Waals surface area contributed by atoms with Gasteiger partial charge in [0.1, 0.15) is 5.75 Å². The Balaban J connectivity index is 2.05. The van der Waals surface area contributed by atoms with Crippen molar-refractivity contribution in [3.8, 4) is 5.75 Å². The molecule has 2 aromatic carbocycles. The van der Waals surface area contributed by atoms with Crippen LogP contribution in [-0.2, 0) is 13.1 Å². The van der Waals surface area contributed by atoms with Crippen molar-refractivity contribution < 1.29 is 4.74 Å². The van der Waals surface area contributed by atoms with Crippen molar-refractivity contribution in [1.82, 2.24) is 9.80 Å². The fraction of sp³-hybridized carbons (Fsp3) is 0.368. The predicted molar refractivity (Wildman–Crippen MR) is 92.1 cm³/mol. The van der Waals surface area contributed by atoms with Gasteiger partial charge in [0, 0.05) is 26.2 Å². The molecule has 3 heteroatoms. The number of methoxy groups -OCH3 is 1. The van der Waals surface area contributed by atoms with Gasteiger partial charge in [0.05, 0.1) is 7.11 Å². The van der Waals surface area contributed by atoms with Crippen LogP contribution in [0.15, 0.2) is 54.6 Å². The van der Waals surface area contributed by atoms with Gasteiger partial charge in [0.15, 0.2) is 0 Å². The van der Waals surface area contributed by atoms with Gasteiger partial charge in [0.25, 0.3) is 0 Å². The van der Waals surface area contributed by atoms with E-state index in [4.69, 9.17) is 4.74 Å². The normalized spacial score (nSPS) is 11.1. The van der Waals surface area contributed by atoms with Gasteiger partial charge in [-0.05, 0) is 37.4 Å². The van der Waals surface area contributed by atoms with E-state index in [9.17, 15) is 0 Å². The van der Waals surface area contributed by atoms with Crippen LogP contribution < -0.4 is 4.74 Å². The van der Waals surface area contributed by atoms with Crippen molar-refractivity contribution in [3.63, 3.8) is 0 Å². The second-order valence-electron chi connectivity index (χ2n) is 5.85. The summed E-state index contributed by atoms with van der Waals surface area (Å²) in [6.07, 6.45) is 0. The Morgan fingerprint density at radius 1 is 0.818 bits per heavy atom. The first kappa shape index (κ1) is 16.5. The van der Waals surface area contributed by atoms with Crippen LogP contribution in [-0.4, -0.2) is 44.1 Å². The molecule has 0 heterocycles. The van der Waals surface area contributed by atoms with Crippen molar-refractivity contribution in [2.75, 3.05) is 34.3 Å². The lowest BCUT2D eigenvalue weighted by Gasteiger charge is -2.24. The highest BCUT2D eigenvalue weighted by Gasteiger charge is 2.08. The summed E-state index contributed by atoms with van der Waals surface area (Å²) in [5, 5.41) is 0. The van der Waals surface area contributed by atoms with E-state index < -0.39 is 0 Å². The maximum Gasteiger partial charge on any atom is 0.119 e. The van der Waals surface area contributed by atoms with Crippen LogP contribution >= 0.6 is 0 Å². The zero-order valence-electron chi connectivity index (χ0n) is 13.8. The maximum atomic E-state index is 5.33. The molecular formula is C19H26N2O. The number of likely N-dealkylation sites (N-methyl/N-ethyl adjacent to an activating group) is 1. The molecular weight excluding hydrogens is 272 g/mol.